The Hall–Kier alpha value is -4.01. The van der Waals surface area contributed by atoms with E-state index in [2.05, 4.69) is 10.4 Å². The Kier molecular flexibility index (Phi) is 6.15. The van der Waals surface area contributed by atoms with Gasteiger partial charge in [-0.1, -0.05) is 36.4 Å². The highest BCUT2D eigenvalue weighted by Gasteiger charge is 2.30. The maximum atomic E-state index is 13.1. The van der Waals surface area contributed by atoms with Crippen LogP contribution < -0.4 is 5.32 Å². The van der Waals surface area contributed by atoms with Crippen molar-refractivity contribution in [3.8, 4) is 0 Å². The first-order valence-corrected chi connectivity index (χ1v) is 9.51. The minimum Gasteiger partial charge on any atom is -0.444 e. The molecule has 1 unspecified atom stereocenters. The van der Waals surface area contributed by atoms with E-state index in [1.54, 1.807) is 68.9 Å². The molecule has 3 aromatic rings. The fourth-order valence-corrected chi connectivity index (χ4v) is 3.23. The number of aromatic nitrogens is 2. The molecule has 1 N–H and O–H groups in total. The molecule has 2 aromatic carbocycles. The van der Waals surface area contributed by atoms with Gasteiger partial charge in [0.05, 0.1) is 10.6 Å². The van der Waals surface area contributed by atoms with Gasteiger partial charge >= 0.3 is 5.97 Å². The Balaban J connectivity index is 1.94. The van der Waals surface area contributed by atoms with E-state index >= 15 is 0 Å². The van der Waals surface area contributed by atoms with Crippen LogP contribution in [0, 0.1) is 30.9 Å². The van der Waals surface area contributed by atoms with Crippen molar-refractivity contribution < 1.29 is 19.2 Å². The molecule has 31 heavy (non-hydrogen) atoms. The van der Waals surface area contributed by atoms with Crippen LogP contribution >= 0.6 is 0 Å². The number of nitro benzene ring substituents is 1. The summed E-state index contributed by atoms with van der Waals surface area (Å²) in [6.07, 6.45) is -1.31. The fourth-order valence-electron chi connectivity index (χ4n) is 3.23. The molecule has 1 amide bonds. The number of anilines is 1. The summed E-state index contributed by atoms with van der Waals surface area (Å²) >= 11 is 0. The van der Waals surface area contributed by atoms with Crippen LogP contribution in [-0.2, 0) is 16.6 Å². The molecule has 0 aliphatic carbocycles. The van der Waals surface area contributed by atoms with Crippen molar-refractivity contribution in [1.82, 2.24) is 9.78 Å². The van der Waals surface area contributed by atoms with Crippen LogP contribution in [0.1, 0.15) is 39.0 Å². The molecule has 0 radical (unpaired) electrons. The Morgan fingerprint density at radius 1 is 1.13 bits per heavy atom. The lowest BCUT2D eigenvalue weighted by Gasteiger charge is -2.18. The first kappa shape index (κ1) is 21.7. The van der Waals surface area contributed by atoms with E-state index < -0.39 is 22.9 Å². The minimum absolute atomic E-state index is 0.0197. The minimum atomic E-state index is -1.31. The van der Waals surface area contributed by atoms with Crippen molar-refractivity contribution in [1.29, 1.82) is 0 Å². The van der Waals surface area contributed by atoms with Gasteiger partial charge in [-0.25, -0.2) is 4.79 Å². The predicted octanol–water partition coefficient (Wildman–Crippen LogP) is 3.79. The summed E-state index contributed by atoms with van der Waals surface area (Å²) in [5.41, 5.74) is 2.24. The molecule has 1 heterocycles. The van der Waals surface area contributed by atoms with Crippen LogP contribution in [0.2, 0.25) is 0 Å². The first-order chi connectivity index (χ1) is 14.7. The third-order valence-electron chi connectivity index (χ3n) is 4.89. The molecule has 0 aliphatic rings. The predicted molar refractivity (Wildman–Crippen MR) is 114 cm³/mol. The highest BCUT2D eigenvalue weighted by molar-refractivity contribution is 6.00. The Morgan fingerprint density at radius 3 is 2.39 bits per heavy atom. The number of aryl methyl sites for hydroxylation is 3. The zero-order chi connectivity index (χ0) is 22.7. The van der Waals surface area contributed by atoms with Gasteiger partial charge in [-0.05, 0) is 32.4 Å². The molecule has 0 bridgehead atoms. The number of carbonyl (C=O) groups is 2. The molecule has 0 spiro atoms. The lowest BCUT2D eigenvalue weighted by molar-refractivity contribution is -0.384. The molecule has 9 heteroatoms. The van der Waals surface area contributed by atoms with Crippen LogP contribution in [0.5, 0.6) is 0 Å². The van der Waals surface area contributed by atoms with Crippen molar-refractivity contribution in [2.75, 3.05) is 5.32 Å². The normalized spacial score (nSPS) is 11.6. The monoisotopic (exact) mass is 422 g/mol. The Morgan fingerprint density at radius 2 is 1.81 bits per heavy atom. The van der Waals surface area contributed by atoms with Gasteiger partial charge in [-0.15, -0.1) is 0 Å². The first-order valence-electron chi connectivity index (χ1n) is 9.51. The number of nitrogens with one attached hydrogen (secondary N) is 1. The number of esters is 1. The average Bonchev–Trinajstić information content (AvgIpc) is 2.99. The van der Waals surface area contributed by atoms with Gasteiger partial charge in [-0.3, -0.25) is 19.6 Å². The van der Waals surface area contributed by atoms with E-state index in [1.165, 1.54) is 12.1 Å². The van der Waals surface area contributed by atoms with E-state index in [4.69, 9.17) is 4.74 Å². The summed E-state index contributed by atoms with van der Waals surface area (Å²) in [6.45, 7) is 5.12. The van der Waals surface area contributed by atoms with E-state index in [0.717, 1.165) is 0 Å². The number of hydrogen-bond acceptors (Lipinski definition) is 6. The molecule has 0 saturated heterocycles. The third kappa shape index (κ3) is 4.61. The van der Waals surface area contributed by atoms with Crippen LogP contribution in [-0.4, -0.2) is 26.6 Å². The molecular weight excluding hydrogens is 400 g/mol. The zero-order valence-electron chi connectivity index (χ0n) is 17.6. The number of benzene rings is 2. The highest BCUT2D eigenvalue weighted by Crippen LogP contribution is 2.28. The van der Waals surface area contributed by atoms with Gasteiger partial charge in [0.15, 0.2) is 0 Å². The average molecular weight is 422 g/mol. The van der Waals surface area contributed by atoms with Crippen LogP contribution in [0.15, 0.2) is 48.5 Å². The van der Waals surface area contributed by atoms with Crippen LogP contribution in [0.3, 0.4) is 0 Å². The van der Waals surface area contributed by atoms with Gasteiger partial charge in [0.25, 0.3) is 11.6 Å². The summed E-state index contributed by atoms with van der Waals surface area (Å²) in [6, 6.07) is 12.9. The maximum Gasteiger partial charge on any atom is 0.343 e. The van der Waals surface area contributed by atoms with Gasteiger partial charge in [-0.2, -0.15) is 5.10 Å². The summed E-state index contributed by atoms with van der Waals surface area (Å²) in [5, 5.41) is 18.1. The summed E-state index contributed by atoms with van der Waals surface area (Å²) < 4.78 is 7.14. The number of amides is 1. The van der Waals surface area contributed by atoms with Crippen molar-refractivity contribution in [2.24, 2.45) is 7.05 Å². The fraction of sp³-hybridized carbons (Fsp3) is 0.227. The largest absolute Gasteiger partial charge is 0.444 e. The summed E-state index contributed by atoms with van der Waals surface area (Å²) in [5.74, 6) is -1.41. The molecular formula is C22H22N4O5. The topological polar surface area (TPSA) is 116 Å². The van der Waals surface area contributed by atoms with E-state index in [9.17, 15) is 19.7 Å². The third-order valence-corrected chi connectivity index (χ3v) is 4.89. The SMILES string of the molecule is Cc1ccc(NC(=O)C(OC(=O)c2c(C)nn(C)c2C)c2ccccc2)c([N+](=O)[O-])c1. The lowest BCUT2D eigenvalue weighted by Crippen LogP contribution is -2.26. The molecule has 0 fully saturated rings. The van der Waals surface area contributed by atoms with Crippen molar-refractivity contribution in [2.45, 2.75) is 26.9 Å². The second kappa shape index (κ2) is 8.78. The number of nitro groups is 1. The number of ether oxygens (including phenoxy) is 1. The van der Waals surface area contributed by atoms with Crippen molar-refractivity contribution >= 4 is 23.3 Å². The second-order valence-corrected chi connectivity index (χ2v) is 7.13. The van der Waals surface area contributed by atoms with Gasteiger partial charge in [0.1, 0.15) is 11.3 Å². The molecule has 3 rings (SSSR count). The molecule has 1 atom stereocenters. The lowest BCUT2D eigenvalue weighted by atomic mass is 10.1. The van der Waals surface area contributed by atoms with Crippen molar-refractivity contribution in [3.05, 3.63) is 86.7 Å². The highest BCUT2D eigenvalue weighted by atomic mass is 16.6. The quantitative estimate of drug-likeness (QED) is 0.367. The summed E-state index contributed by atoms with van der Waals surface area (Å²) in [7, 11) is 1.71. The number of nitrogens with zero attached hydrogens (tertiary/aromatic N) is 3. The van der Waals surface area contributed by atoms with Crippen molar-refractivity contribution in [3.63, 3.8) is 0 Å². The molecule has 0 aliphatic heterocycles. The Labute approximate surface area is 178 Å². The number of hydrogen-bond donors (Lipinski definition) is 1. The van der Waals surface area contributed by atoms with E-state index in [-0.39, 0.29) is 16.9 Å². The standard InChI is InChI=1S/C22H22N4O5/c1-13-10-11-17(18(12-13)26(29)30)23-21(27)20(16-8-6-5-7-9-16)31-22(28)19-14(2)24-25(4)15(19)3/h5-12,20H,1-4H3,(H,23,27). The smallest absolute Gasteiger partial charge is 0.343 e. The number of carbonyl (C=O) groups excluding carboxylic acids is 2. The van der Waals surface area contributed by atoms with Gasteiger partial charge < -0.3 is 10.1 Å². The number of rotatable bonds is 6. The molecule has 1 aromatic heterocycles. The molecule has 160 valence electrons. The zero-order valence-corrected chi connectivity index (χ0v) is 17.6. The molecule has 9 nitrogen and oxygen atoms in total. The Bertz CT molecular complexity index is 1150. The van der Waals surface area contributed by atoms with E-state index in [1.807, 2.05) is 0 Å². The van der Waals surface area contributed by atoms with E-state index in [0.29, 0.717) is 22.5 Å². The second-order valence-electron chi connectivity index (χ2n) is 7.13. The maximum absolute atomic E-state index is 13.1. The van der Waals surface area contributed by atoms with Crippen LogP contribution in [0.25, 0.3) is 0 Å². The van der Waals surface area contributed by atoms with Crippen LogP contribution in [0.4, 0.5) is 11.4 Å². The molecule has 0 saturated carbocycles. The summed E-state index contributed by atoms with van der Waals surface area (Å²) in [4.78, 5) is 36.8. The van der Waals surface area contributed by atoms with Gasteiger partial charge in [0.2, 0.25) is 6.10 Å². The van der Waals surface area contributed by atoms with Gasteiger partial charge in [0, 0.05) is 24.4 Å².